The molecule has 0 unspecified atom stereocenters. The first-order valence-electron chi connectivity index (χ1n) is 10.1. The Balaban J connectivity index is 1.47. The van der Waals surface area contributed by atoms with E-state index in [4.69, 9.17) is 10.5 Å². The van der Waals surface area contributed by atoms with Crippen LogP contribution in [0.1, 0.15) is 28.9 Å². The molecule has 0 radical (unpaired) electrons. The second-order valence-electron chi connectivity index (χ2n) is 7.67. The van der Waals surface area contributed by atoms with Crippen molar-refractivity contribution in [2.75, 3.05) is 26.2 Å². The number of benzene rings is 1. The molecule has 1 aromatic carbocycles. The van der Waals surface area contributed by atoms with Crippen LogP contribution in [-0.2, 0) is 21.9 Å². The van der Waals surface area contributed by atoms with Crippen molar-refractivity contribution >= 4 is 21.8 Å². The van der Waals surface area contributed by atoms with Gasteiger partial charge in [-0.05, 0) is 38.0 Å². The molecule has 9 nitrogen and oxygen atoms in total. The molecule has 0 atom stereocenters. The zero-order valence-corrected chi connectivity index (χ0v) is 18.5. The van der Waals surface area contributed by atoms with Crippen molar-refractivity contribution in [2.24, 2.45) is 18.7 Å². The number of amides is 2. The van der Waals surface area contributed by atoms with Crippen LogP contribution in [0, 0.1) is 12.8 Å². The summed E-state index contributed by atoms with van der Waals surface area (Å²) in [5.74, 6) is -0.285. The normalized spacial score (nSPS) is 15.5. The summed E-state index contributed by atoms with van der Waals surface area (Å²) in [6, 6.07) is 8.96. The van der Waals surface area contributed by atoms with Crippen molar-refractivity contribution in [1.82, 2.24) is 14.2 Å². The number of rotatable bonds is 8. The first-order chi connectivity index (χ1) is 14.7. The summed E-state index contributed by atoms with van der Waals surface area (Å²) in [5.41, 5.74) is 6.54. The van der Waals surface area contributed by atoms with Crippen LogP contribution in [0.2, 0.25) is 0 Å². The third-order valence-electron chi connectivity index (χ3n) is 5.39. The predicted molar refractivity (Wildman–Crippen MR) is 115 cm³/mol. The number of nitrogens with two attached hydrogens (primary N) is 1. The molecule has 3 rings (SSSR count). The molecular weight excluding hydrogens is 420 g/mol. The summed E-state index contributed by atoms with van der Waals surface area (Å²) >= 11 is 0. The molecule has 0 saturated carbocycles. The lowest BCUT2D eigenvalue weighted by Crippen LogP contribution is -2.43. The molecule has 2 aromatic rings. The van der Waals surface area contributed by atoms with Gasteiger partial charge in [0.25, 0.3) is 5.91 Å². The molecule has 0 spiro atoms. The smallest absolute Gasteiger partial charge is 0.265 e. The van der Waals surface area contributed by atoms with Gasteiger partial charge in [-0.15, -0.1) is 0 Å². The molecule has 1 aromatic heterocycles. The standard InChI is InChI=1S/C21H28N4O5S/c1-15-3-5-17(6-4-15)30-12-9-23-21(27)16-7-10-25(11-8-16)31(28,29)18-13-19(20(22)26)24(2)14-18/h3-6,13-14,16H,7-12H2,1-2H3,(H2,22,26)(H,23,27). The maximum absolute atomic E-state index is 12.9. The van der Waals surface area contributed by atoms with Crippen LogP contribution >= 0.6 is 0 Å². The van der Waals surface area contributed by atoms with Crippen molar-refractivity contribution in [3.05, 3.63) is 47.8 Å². The number of primary amides is 1. The van der Waals surface area contributed by atoms with Crippen LogP contribution in [0.3, 0.4) is 0 Å². The van der Waals surface area contributed by atoms with Gasteiger partial charge in [-0.1, -0.05) is 17.7 Å². The molecule has 168 valence electrons. The number of carbonyl (C=O) groups excluding carboxylic acids is 2. The van der Waals surface area contributed by atoms with Crippen LogP contribution in [0.15, 0.2) is 41.4 Å². The minimum Gasteiger partial charge on any atom is -0.492 e. The molecule has 1 saturated heterocycles. The van der Waals surface area contributed by atoms with E-state index in [9.17, 15) is 18.0 Å². The zero-order valence-electron chi connectivity index (χ0n) is 17.7. The van der Waals surface area contributed by atoms with Crippen LogP contribution in [0.5, 0.6) is 5.75 Å². The van der Waals surface area contributed by atoms with E-state index in [2.05, 4.69) is 5.32 Å². The molecule has 1 aliphatic heterocycles. The molecule has 1 fully saturated rings. The Morgan fingerprint density at radius 1 is 1.19 bits per heavy atom. The Labute approximate surface area is 182 Å². The lowest BCUT2D eigenvalue weighted by Gasteiger charge is -2.30. The van der Waals surface area contributed by atoms with Crippen molar-refractivity contribution in [3.8, 4) is 5.75 Å². The lowest BCUT2D eigenvalue weighted by molar-refractivity contribution is -0.126. The van der Waals surface area contributed by atoms with E-state index >= 15 is 0 Å². The van der Waals surface area contributed by atoms with Crippen molar-refractivity contribution < 1.29 is 22.7 Å². The molecule has 2 heterocycles. The molecule has 0 aliphatic carbocycles. The average Bonchev–Trinajstić information content (AvgIpc) is 3.15. The average molecular weight is 449 g/mol. The highest BCUT2D eigenvalue weighted by atomic mass is 32.2. The van der Waals surface area contributed by atoms with E-state index in [-0.39, 0.29) is 35.5 Å². The quantitative estimate of drug-likeness (QED) is 0.584. The second-order valence-corrected chi connectivity index (χ2v) is 9.61. The number of aryl methyl sites for hydroxylation is 2. The van der Waals surface area contributed by atoms with Gasteiger partial charge in [0, 0.05) is 32.3 Å². The van der Waals surface area contributed by atoms with Crippen LogP contribution in [0.4, 0.5) is 0 Å². The Kier molecular flexibility index (Phi) is 7.01. The van der Waals surface area contributed by atoms with Crippen LogP contribution < -0.4 is 15.8 Å². The number of hydrogen-bond donors (Lipinski definition) is 2. The largest absolute Gasteiger partial charge is 0.492 e. The van der Waals surface area contributed by atoms with Gasteiger partial charge in [-0.25, -0.2) is 8.42 Å². The number of ether oxygens (including phenoxy) is 1. The monoisotopic (exact) mass is 448 g/mol. The number of nitrogens with zero attached hydrogens (tertiary/aromatic N) is 2. The number of aromatic nitrogens is 1. The summed E-state index contributed by atoms with van der Waals surface area (Å²) < 4.78 is 34.1. The fourth-order valence-electron chi connectivity index (χ4n) is 3.55. The summed E-state index contributed by atoms with van der Waals surface area (Å²) in [7, 11) is -2.18. The predicted octanol–water partition coefficient (Wildman–Crippen LogP) is 1.03. The van der Waals surface area contributed by atoms with Crippen molar-refractivity contribution in [3.63, 3.8) is 0 Å². The van der Waals surface area contributed by atoms with Gasteiger partial charge in [-0.3, -0.25) is 9.59 Å². The summed E-state index contributed by atoms with van der Waals surface area (Å²) in [5, 5.41) is 2.86. The molecule has 2 amide bonds. The molecular formula is C21H28N4O5S. The summed E-state index contributed by atoms with van der Waals surface area (Å²) in [6.45, 7) is 3.21. The Hall–Kier alpha value is -2.85. The van der Waals surface area contributed by atoms with Crippen LogP contribution in [0.25, 0.3) is 0 Å². The first kappa shape index (κ1) is 22.8. The van der Waals surface area contributed by atoms with Crippen molar-refractivity contribution in [1.29, 1.82) is 0 Å². The second kappa shape index (κ2) is 9.52. The molecule has 31 heavy (non-hydrogen) atoms. The SMILES string of the molecule is Cc1ccc(OCCNC(=O)C2CCN(S(=O)(=O)c3cc(C(N)=O)n(C)c3)CC2)cc1. The van der Waals surface area contributed by atoms with Gasteiger partial charge in [0.05, 0.1) is 6.54 Å². The van der Waals surface area contributed by atoms with Gasteiger partial charge in [-0.2, -0.15) is 4.31 Å². The zero-order chi connectivity index (χ0) is 22.6. The lowest BCUT2D eigenvalue weighted by atomic mass is 9.97. The van der Waals surface area contributed by atoms with Gasteiger partial charge in [0.1, 0.15) is 22.9 Å². The van der Waals surface area contributed by atoms with E-state index in [1.165, 1.54) is 21.1 Å². The van der Waals surface area contributed by atoms with Gasteiger partial charge >= 0.3 is 0 Å². The van der Waals surface area contributed by atoms with Gasteiger partial charge in [0.2, 0.25) is 15.9 Å². The molecule has 10 heteroatoms. The first-order valence-corrected chi connectivity index (χ1v) is 11.6. The van der Waals surface area contributed by atoms with E-state index in [1.54, 1.807) is 7.05 Å². The highest BCUT2D eigenvalue weighted by molar-refractivity contribution is 7.89. The summed E-state index contributed by atoms with van der Waals surface area (Å²) in [4.78, 5) is 23.8. The molecule has 1 aliphatic rings. The third kappa shape index (κ3) is 5.45. The maximum Gasteiger partial charge on any atom is 0.265 e. The Morgan fingerprint density at radius 3 is 2.42 bits per heavy atom. The minimum absolute atomic E-state index is 0.0277. The van der Waals surface area contributed by atoms with E-state index < -0.39 is 15.9 Å². The minimum atomic E-state index is -3.75. The van der Waals surface area contributed by atoms with E-state index in [0.29, 0.717) is 26.0 Å². The molecule has 0 bridgehead atoms. The number of carbonyl (C=O) groups is 2. The van der Waals surface area contributed by atoms with Crippen LogP contribution in [-0.4, -0.2) is 55.3 Å². The fraction of sp³-hybridized carbons (Fsp3) is 0.429. The summed E-state index contributed by atoms with van der Waals surface area (Å²) in [6.07, 6.45) is 2.24. The Morgan fingerprint density at radius 2 is 1.84 bits per heavy atom. The van der Waals surface area contributed by atoms with E-state index in [0.717, 1.165) is 11.3 Å². The van der Waals surface area contributed by atoms with Crippen molar-refractivity contribution in [2.45, 2.75) is 24.7 Å². The third-order valence-corrected chi connectivity index (χ3v) is 7.25. The highest BCUT2D eigenvalue weighted by Crippen LogP contribution is 2.25. The van der Waals surface area contributed by atoms with E-state index in [1.807, 2.05) is 31.2 Å². The van der Waals surface area contributed by atoms with Gasteiger partial charge in [0.15, 0.2) is 0 Å². The maximum atomic E-state index is 12.9. The Bertz CT molecular complexity index is 1040. The number of nitrogens with one attached hydrogen (secondary N) is 1. The highest BCUT2D eigenvalue weighted by Gasteiger charge is 2.33. The number of hydrogen-bond acceptors (Lipinski definition) is 5. The number of sulfonamides is 1. The fourth-order valence-corrected chi connectivity index (χ4v) is 5.09. The topological polar surface area (TPSA) is 124 Å². The molecule has 3 N–H and O–H groups in total. The number of piperidine rings is 1. The van der Waals surface area contributed by atoms with Gasteiger partial charge < -0.3 is 20.4 Å².